The SMILES string of the molecule is Cc1cc(C)cc(NC(=O)COC(=O)CN2C(=O)N[C@@]3(CCCC[C@@H]3C)C2=O)c1. The maximum Gasteiger partial charge on any atom is 0.326 e. The fraction of sp³-hybridized carbons (Fsp3) is 0.524. The number of nitrogens with zero attached hydrogens (tertiary/aromatic N) is 1. The molecule has 1 aromatic rings. The summed E-state index contributed by atoms with van der Waals surface area (Å²) >= 11 is 0. The molecule has 29 heavy (non-hydrogen) atoms. The minimum atomic E-state index is -0.921. The molecule has 156 valence electrons. The standard InChI is InChI=1S/C21H27N3O5/c1-13-8-14(2)10-16(9-13)22-17(25)12-29-18(26)11-24-19(27)21(23-20(24)28)7-5-4-6-15(21)3/h8-10,15H,4-7,11-12H2,1-3H3,(H,22,25)(H,23,28)/t15-,21+/m0/s1. The number of esters is 1. The predicted octanol–water partition coefficient (Wildman–Crippen LogP) is 2.29. The average molecular weight is 401 g/mol. The molecule has 0 radical (unpaired) electrons. The van der Waals surface area contributed by atoms with E-state index in [-0.39, 0.29) is 11.8 Å². The molecule has 1 spiro atoms. The van der Waals surface area contributed by atoms with Crippen molar-refractivity contribution in [2.24, 2.45) is 5.92 Å². The zero-order chi connectivity index (χ0) is 21.2. The third-order valence-electron chi connectivity index (χ3n) is 5.66. The molecule has 2 aliphatic rings. The van der Waals surface area contributed by atoms with Crippen LogP contribution in [0, 0.1) is 19.8 Å². The van der Waals surface area contributed by atoms with Crippen LogP contribution in [0.15, 0.2) is 18.2 Å². The number of benzene rings is 1. The molecule has 3 rings (SSSR count). The Balaban J connectivity index is 1.53. The van der Waals surface area contributed by atoms with Crippen LogP contribution in [0.1, 0.15) is 43.7 Å². The molecule has 1 saturated carbocycles. The van der Waals surface area contributed by atoms with Gasteiger partial charge in [0.2, 0.25) is 0 Å². The normalized spacial score (nSPS) is 23.8. The fourth-order valence-electron chi connectivity index (χ4n) is 4.20. The second-order valence-electron chi connectivity index (χ2n) is 8.02. The van der Waals surface area contributed by atoms with E-state index < -0.39 is 36.6 Å². The van der Waals surface area contributed by atoms with E-state index in [1.807, 2.05) is 39.0 Å². The van der Waals surface area contributed by atoms with Crippen LogP contribution in [0.25, 0.3) is 0 Å². The molecule has 8 nitrogen and oxygen atoms in total. The molecular formula is C21H27N3O5. The van der Waals surface area contributed by atoms with E-state index in [9.17, 15) is 19.2 Å². The Morgan fingerprint density at radius 3 is 2.55 bits per heavy atom. The Morgan fingerprint density at radius 1 is 1.21 bits per heavy atom. The summed E-state index contributed by atoms with van der Waals surface area (Å²) < 4.78 is 4.97. The second-order valence-corrected chi connectivity index (χ2v) is 8.02. The third-order valence-corrected chi connectivity index (χ3v) is 5.66. The van der Waals surface area contributed by atoms with E-state index >= 15 is 0 Å². The van der Waals surface area contributed by atoms with Crippen LogP contribution >= 0.6 is 0 Å². The van der Waals surface area contributed by atoms with Crippen LogP contribution in [0.2, 0.25) is 0 Å². The number of nitrogens with one attached hydrogen (secondary N) is 2. The van der Waals surface area contributed by atoms with Gasteiger partial charge in [0.1, 0.15) is 12.1 Å². The summed E-state index contributed by atoms with van der Waals surface area (Å²) in [5.74, 6) is -1.66. The van der Waals surface area contributed by atoms with Gasteiger partial charge < -0.3 is 15.4 Å². The molecule has 0 aromatic heterocycles. The first-order chi connectivity index (χ1) is 13.7. The summed E-state index contributed by atoms with van der Waals surface area (Å²) in [6.07, 6.45) is 3.29. The van der Waals surface area contributed by atoms with E-state index in [0.717, 1.165) is 35.3 Å². The number of imide groups is 1. The minimum absolute atomic E-state index is 0.0114. The summed E-state index contributed by atoms with van der Waals surface area (Å²) in [5.41, 5.74) is 1.70. The Bertz CT molecular complexity index is 832. The quantitative estimate of drug-likeness (QED) is 0.582. The number of hydrogen-bond acceptors (Lipinski definition) is 5. The zero-order valence-corrected chi connectivity index (χ0v) is 17.0. The van der Waals surface area contributed by atoms with Gasteiger partial charge in [0.05, 0.1) is 0 Å². The summed E-state index contributed by atoms with van der Waals surface area (Å²) in [5, 5.41) is 5.45. The molecule has 1 aliphatic heterocycles. The van der Waals surface area contributed by atoms with Crippen molar-refractivity contribution in [2.75, 3.05) is 18.5 Å². The lowest BCUT2D eigenvalue weighted by Gasteiger charge is -2.36. The average Bonchev–Trinajstić information content (AvgIpc) is 2.87. The van der Waals surface area contributed by atoms with Gasteiger partial charge >= 0.3 is 12.0 Å². The van der Waals surface area contributed by atoms with Crippen molar-refractivity contribution < 1.29 is 23.9 Å². The van der Waals surface area contributed by atoms with Gasteiger partial charge in [-0.25, -0.2) is 4.79 Å². The van der Waals surface area contributed by atoms with Gasteiger partial charge in [-0.2, -0.15) is 0 Å². The van der Waals surface area contributed by atoms with E-state index in [1.165, 1.54) is 0 Å². The van der Waals surface area contributed by atoms with Crippen LogP contribution < -0.4 is 10.6 Å². The maximum atomic E-state index is 12.8. The monoisotopic (exact) mass is 401 g/mol. The molecule has 1 aromatic carbocycles. The predicted molar refractivity (Wildman–Crippen MR) is 106 cm³/mol. The summed E-state index contributed by atoms with van der Waals surface area (Å²) in [6.45, 7) is 4.78. The Labute approximate surface area is 170 Å². The van der Waals surface area contributed by atoms with Gasteiger partial charge in [-0.05, 0) is 55.9 Å². The lowest BCUT2D eigenvalue weighted by atomic mass is 9.73. The van der Waals surface area contributed by atoms with Gasteiger partial charge in [0.25, 0.3) is 11.8 Å². The van der Waals surface area contributed by atoms with Crippen molar-refractivity contribution in [3.63, 3.8) is 0 Å². The maximum absolute atomic E-state index is 12.8. The smallest absolute Gasteiger partial charge is 0.326 e. The molecule has 2 N–H and O–H groups in total. The fourth-order valence-corrected chi connectivity index (χ4v) is 4.20. The summed E-state index contributed by atoms with van der Waals surface area (Å²) in [6, 6.07) is 5.02. The minimum Gasteiger partial charge on any atom is -0.454 e. The number of ether oxygens (including phenoxy) is 1. The van der Waals surface area contributed by atoms with Crippen LogP contribution in [0.5, 0.6) is 0 Å². The number of anilines is 1. The first kappa shape index (κ1) is 20.8. The molecule has 4 amide bonds. The number of amides is 4. The highest BCUT2D eigenvalue weighted by Crippen LogP contribution is 2.38. The van der Waals surface area contributed by atoms with Crippen molar-refractivity contribution in [3.8, 4) is 0 Å². The van der Waals surface area contributed by atoms with Gasteiger partial charge in [-0.1, -0.05) is 25.8 Å². The second kappa shape index (κ2) is 8.23. The molecule has 0 bridgehead atoms. The van der Waals surface area contributed by atoms with Crippen molar-refractivity contribution in [1.82, 2.24) is 10.2 Å². The molecule has 8 heteroatoms. The highest BCUT2D eigenvalue weighted by molar-refractivity contribution is 6.09. The van der Waals surface area contributed by atoms with E-state index in [4.69, 9.17) is 4.74 Å². The summed E-state index contributed by atoms with van der Waals surface area (Å²) in [7, 11) is 0. The molecule has 2 atom stereocenters. The lowest BCUT2D eigenvalue weighted by Crippen LogP contribution is -2.54. The molecule has 0 unspecified atom stereocenters. The zero-order valence-electron chi connectivity index (χ0n) is 17.0. The van der Waals surface area contributed by atoms with Crippen LogP contribution in [-0.4, -0.2) is 47.4 Å². The number of urea groups is 1. The van der Waals surface area contributed by atoms with Crippen LogP contribution in [0.4, 0.5) is 10.5 Å². The Morgan fingerprint density at radius 2 is 1.90 bits per heavy atom. The van der Waals surface area contributed by atoms with Crippen molar-refractivity contribution in [1.29, 1.82) is 0 Å². The number of rotatable bonds is 5. The van der Waals surface area contributed by atoms with Gasteiger partial charge in [0, 0.05) is 5.69 Å². The largest absolute Gasteiger partial charge is 0.454 e. The first-order valence-corrected chi connectivity index (χ1v) is 9.89. The Hall–Kier alpha value is -2.90. The van der Waals surface area contributed by atoms with Crippen molar-refractivity contribution in [2.45, 2.75) is 52.0 Å². The van der Waals surface area contributed by atoms with Crippen LogP contribution in [-0.2, 0) is 19.1 Å². The summed E-state index contributed by atoms with van der Waals surface area (Å²) in [4.78, 5) is 50.2. The number of carbonyl (C=O) groups excluding carboxylic acids is 4. The van der Waals surface area contributed by atoms with Gasteiger partial charge in [-0.3, -0.25) is 19.3 Å². The Kier molecular flexibility index (Phi) is 5.91. The third kappa shape index (κ3) is 4.41. The van der Waals surface area contributed by atoms with Crippen molar-refractivity contribution in [3.05, 3.63) is 29.3 Å². The molecule has 1 heterocycles. The van der Waals surface area contributed by atoms with Crippen LogP contribution in [0.3, 0.4) is 0 Å². The molecular weight excluding hydrogens is 374 g/mol. The first-order valence-electron chi connectivity index (χ1n) is 9.89. The van der Waals surface area contributed by atoms with Crippen molar-refractivity contribution >= 4 is 29.5 Å². The number of aryl methyl sites for hydroxylation is 2. The van der Waals surface area contributed by atoms with Gasteiger partial charge in [0.15, 0.2) is 6.61 Å². The molecule has 1 saturated heterocycles. The highest BCUT2D eigenvalue weighted by atomic mass is 16.5. The van der Waals surface area contributed by atoms with E-state index in [2.05, 4.69) is 10.6 Å². The number of hydrogen-bond donors (Lipinski definition) is 2. The molecule has 2 fully saturated rings. The molecule has 1 aliphatic carbocycles. The number of carbonyl (C=O) groups is 4. The van der Waals surface area contributed by atoms with E-state index in [1.54, 1.807) is 0 Å². The van der Waals surface area contributed by atoms with E-state index in [0.29, 0.717) is 12.1 Å². The topological polar surface area (TPSA) is 105 Å². The highest BCUT2D eigenvalue weighted by Gasteiger charge is 2.55. The van der Waals surface area contributed by atoms with Gasteiger partial charge in [-0.15, -0.1) is 0 Å². The lowest BCUT2D eigenvalue weighted by molar-refractivity contribution is -0.150.